The van der Waals surface area contributed by atoms with Crippen LogP contribution in [0.5, 0.6) is 0 Å². The number of anilines is 1. The van der Waals surface area contributed by atoms with Crippen LogP contribution in [0.15, 0.2) is 53.5 Å². The van der Waals surface area contributed by atoms with Gasteiger partial charge >= 0.3 is 0 Å². The molecule has 2 unspecified atom stereocenters. The number of hydrogen-bond acceptors (Lipinski definition) is 8. The molecular weight excluding hydrogens is 629 g/mol. The van der Waals surface area contributed by atoms with E-state index in [-0.39, 0.29) is 0 Å². The molecule has 0 aliphatic carbocycles. The zero-order valence-corrected chi connectivity index (χ0v) is 28.1. The summed E-state index contributed by atoms with van der Waals surface area (Å²) in [6.07, 6.45) is 6.70. The van der Waals surface area contributed by atoms with Gasteiger partial charge in [-0.3, -0.25) is 18.7 Å². The van der Waals surface area contributed by atoms with E-state index in [0.29, 0.717) is 58.4 Å². The minimum Gasteiger partial charge on any atom is -0.369 e. The number of thioether (sulfide) groups is 1. The maximum absolute atomic E-state index is 12.7. The Morgan fingerprint density at radius 1 is 1.16 bits per heavy atom. The topological polar surface area (TPSA) is 125 Å². The third-order valence-corrected chi connectivity index (χ3v) is 8.90. The zero-order valence-electron chi connectivity index (χ0n) is 24.9. The first-order valence-electron chi connectivity index (χ1n) is 13.8. The molecule has 2 amide bonds. The highest BCUT2D eigenvalue weighted by atomic mass is 35.5. The minimum absolute atomic E-state index is 0.290. The Kier molecular flexibility index (Phi) is 16.3. The van der Waals surface area contributed by atoms with Crippen molar-refractivity contribution in [1.82, 2.24) is 10.2 Å². The molecule has 4 rings (SSSR count). The van der Waals surface area contributed by atoms with Gasteiger partial charge in [-0.05, 0) is 67.7 Å². The molecule has 13 heteroatoms. The first kappa shape index (κ1) is 36.8. The van der Waals surface area contributed by atoms with Crippen molar-refractivity contribution in [2.24, 2.45) is 22.6 Å². The predicted molar refractivity (Wildman–Crippen MR) is 181 cm³/mol. The number of nitrogens with two attached hydrogens (primary N) is 1. The molecule has 236 valence electrons. The van der Waals surface area contributed by atoms with Gasteiger partial charge in [0, 0.05) is 64.6 Å². The van der Waals surface area contributed by atoms with Crippen LogP contribution in [-0.2, 0) is 25.2 Å². The highest BCUT2D eigenvalue weighted by Gasteiger charge is 2.42. The predicted octanol–water partition coefficient (Wildman–Crippen LogP) is 4.08. The van der Waals surface area contributed by atoms with Crippen molar-refractivity contribution in [1.29, 1.82) is 0 Å². The van der Waals surface area contributed by atoms with Crippen molar-refractivity contribution in [2.45, 2.75) is 32.0 Å². The molecule has 43 heavy (non-hydrogen) atoms. The lowest BCUT2D eigenvalue weighted by Gasteiger charge is -2.36. The number of halogens is 2. The largest absolute Gasteiger partial charge is 0.369 e. The standard InChI is InChI=1S/C26H30Cl2N4O3S.C2H5NO.C2H6S/c1-17(24(29)34)14-31(15-18-10-12-36(35)13-11-18)26-23(16-33)32(20-8-6-19(27)7-9-20)25(30-26)21-4-2-3-5-22(21)28;1-3-2-4;1-3-2/h2-9,16-18,23,26H,10-15H2,1H3,(H2,29,34);2H,1H3,(H,3,4);1-2H3/t17-,18?,23?,26?,36?;;/m0../s1. The van der Waals surface area contributed by atoms with Gasteiger partial charge in [0.15, 0.2) is 0 Å². The first-order chi connectivity index (χ1) is 20.6. The van der Waals surface area contributed by atoms with Crippen LogP contribution in [0.4, 0.5) is 5.69 Å². The van der Waals surface area contributed by atoms with Gasteiger partial charge in [-0.1, -0.05) is 42.3 Å². The Morgan fingerprint density at radius 3 is 2.26 bits per heavy atom. The molecule has 0 radical (unpaired) electrons. The molecule has 2 aliphatic rings. The van der Waals surface area contributed by atoms with Crippen LogP contribution in [0.1, 0.15) is 25.3 Å². The SMILES string of the molecule is CNC=O.CSC.C[C@@H](CN(CC1CCS(=O)CC1)C1N=C(c2ccccc2Cl)N(c2ccc(Cl)cc2)C1C=O)C(N)=O. The number of rotatable bonds is 10. The third kappa shape index (κ3) is 10.9. The molecule has 1 saturated heterocycles. The van der Waals surface area contributed by atoms with Crippen LogP contribution in [0.2, 0.25) is 10.0 Å². The number of hydrogen-bond donors (Lipinski definition) is 2. The summed E-state index contributed by atoms with van der Waals surface area (Å²) in [6, 6.07) is 14.0. The van der Waals surface area contributed by atoms with Gasteiger partial charge in [0.25, 0.3) is 0 Å². The molecule has 9 nitrogen and oxygen atoms in total. The lowest BCUT2D eigenvalue weighted by Crippen LogP contribution is -2.52. The first-order valence-corrected chi connectivity index (χ1v) is 17.7. The quantitative estimate of drug-likeness (QED) is 0.365. The normalized spacial score (nSPS) is 21.8. The van der Waals surface area contributed by atoms with Gasteiger partial charge in [0.05, 0.1) is 5.02 Å². The summed E-state index contributed by atoms with van der Waals surface area (Å²) >= 11 is 14.5. The van der Waals surface area contributed by atoms with Crippen LogP contribution >= 0.6 is 35.0 Å². The Labute approximate surface area is 271 Å². The van der Waals surface area contributed by atoms with Crippen molar-refractivity contribution >= 4 is 75.9 Å². The van der Waals surface area contributed by atoms with Gasteiger partial charge in [-0.2, -0.15) is 11.8 Å². The summed E-state index contributed by atoms with van der Waals surface area (Å²) in [4.78, 5) is 42.7. The van der Waals surface area contributed by atoms with E-state index in [4.69, 9.17) is 38.7 Å². The highest BCUT2D eigenvalue weighted by molar-refractivity contribution is 7.97. The lowest BCUT2D eigenvalue weighted by molar-refractivity contribution is -0.122. The molecule has 0 bridgehead atoms. The number of amides is 2. The van der Waals surface area contributed by atoms with Crippen molar-refractivity contribution < 1.29 is 18.6 Å². The monoisotopic (exact) mass is 669 g/mol. The van der Waals surface area contributed by atoms with Gasteiger partial charge < -0.3 is 20.7 Å². The van der Waals surface area contributed by atoms with Crippen LogP contribution < -0.4 is 16.0 Å². The van der Waals surface area contributed by atoms with Crippen LogP contribution in [0, 0.1) is 11.8 Å². The van der Waals surface area contributed by atoms with E-state index in [0.717, 1.165) is 24.8 Å². The third-order valence-electron chi connectivity index (χ3n) is 6.93. The van der Waals surface area contributed by atoms with E-state index in [2.05, 4.69) is 10.2 Å². The Balaban J connectivity index is 0.000000836. The number of carbonyl (C=O) groups excluding carboxylic acids is 3. The number of amidine groups is 1. The fourth-order valence-electron chi connectivity index (χ4n) is 4.79. The Morgan fingerprint density at radius 2 is 1.74 bits per heavy atom. The number of nitrogens with zero attached hydrogens (tertiary/aromatic N) is 3. The van der Waals surface area contributed by atoms with Gasteiger partial charge in [-0.25, -0.2) is 4.99 Å². The van der Waals surface area contributed by atoms with Crippen molar-refractivity contribution in [3.05, 3.63) is 64.1 Å². The fraction of sp³-hybridized carbons (Fsp3) is 0.467. The molecular formula is C30H41Cl2N5O4S2. The summed E-state index contributed by atoms with van der Waals surface area (Å²) in [5.41, 5.74) is 7.09. The van der Waals surface area contributed by atoms with E-state index in [9.17, 15) is 13.8 Å². The second-order valence-corrected chi connectivity index (χ2v) is 13.5. The summed E-state index contributed by atoms with van der Waals surface area (Å²) in [5.74, 6) is 1.35. The number of carbonyl (C=O) groups is 3. The Hall–Kier alpha value is -2.44. The second-order valence-electron chi connectivity index (χ2n) is 10.2. The second kappa shape index (κ2) is 19.1. The molecule has 2 aromatic carbocycles. The number of aliphatic imine (C=N–C) groups is 1. The zero-order chi connectivity index (χ0) is 31.9. The van der Waals surface area contributed by atoms with Crippen molar-refractivity contribution in [3.8, 4) is 0 Å². The van der Waals surface area contributed by atoms with Crippen LogP contribution in [0.25, 0.3) is 0 Å². The molecule has 0 spiro atoms. The highest BCUT2D eigenvalue weighted by Crippen LogP contribution is 2.33. The molecule has 2 aromatic rings. The Bertz CT molecular complexity index is 1240. The van der Waals surface area contributed by atoms with Gasteiger partial charge in [0.2, 0.25) is 12.3 Å². The van der Waals surface area contributed by atoms with E-state index >= 15 is 0 Å². The molecule has 3 atom stereocenters. The average molecular weight is 671 g/mol. The maximum atomic E-state index is 12.7. The summed E-state index contributed by atoms with van der Waals surface area (Å²) in [6.45, 7) is 2.76. The summed E-state index contributed by atoms with van der Waals surface area (Å²) < 4.78 is 11.9. The number of nitrogens with one attached hydrogen (secondary N) is 1. The lowest BCUT2D eigenvalue weighted by atomic mass is 10.00. The minimum atomic E-state index is -0.780. The van der Waals surface area contributed by atoms with E-state index in [1.54, 1.807) is 43.9 Å². The van der Waals surface area contributed by atoms with E-state index < -0.39 is 34.8 Å². The molecule has 0 saturated carbocycles. The fourth-order valence-corrected chi connectivity index (χ4v) is 6.54. The summed E-state index contributed by atoms with van der Waals surface area (Å²) in [5, 5.41) is 3.35. The molecule has 3 N–H and O–H groups in total. The molecule has 2 heterocycles. The van der Waals surface area contributed by atoms with Gasteiger partial charge in [-0.15, -0.1) is 0 Å². The van der Waals surface area contributed by atoms with Gasteiger partial charge in [0.1, 0.15) is 24.3 Å². The number of primary amides is 1. The summed E-state index contributed by atoms with van der Waals surface area (Å²) in [7, 11) is 0.782. The van der Waals surface area contributed by atoms with Crippen LogP contribution in [0.3, 0.4) is 0 Å². The molecule has 1 fully saturated rings. The van der Waals surface area contributed by atoms with Crippen molar-refractivity contribution in [3.63, 3.8) is 0 Å². The molecule has 2 aliphatic heterocycles. The van der Waals surface area contributed by atoms with E-state index in [1.807, 2.05) is 47.7 Å². The number of benzene rings is 2. The maximum Gasteiger partial charge on any atom is 0.221 e. The number of aldehydes is 1. The molecule has 0 aromatic heterocycles. The van der Waals surface area contributed by atoms with E-state index in [1.165, 1.54) is 0 Å². The average Bonchev–Trinajstić information content (AvgIpc) is 3.38. The van der Waals surface area contributed by atoms with Crippen molar-refractivity contribution in [2.75, 3.05) is 49.1 Å². The van der Waals surface area contributed by atoms with Crippen LogP contribution in [-0.4, -0.2) is 89.9 Å². The smallest absolute Gasteiger partial charge is 0.221 e.